The average molecular weight is 329 g/mol. The van der Waals surface area contributed by atoms with Gasteiger partial charge in [0.2, 0.25) is 0 Å². The maximum Gasteiger partial charge on any atom is 0.0770 e. The minimum Gasteiger partial charge on any atom is -0.297 e. The van der Waals surface area contributed by atoms with Gasteiger partial charge in [-0.2, -0.15) is 5.10 Å². The molecule has 2 bridgehead atoms. The maximum atomic E-state index is 4.34. The molecule has 2 aliphatic heterocycles. The third-order valence-corrected chi connectivity index (χ3v) is 4.73. The molecule has 0 aromatic carbocycles. The molecule has 16 heavy (non-hydrogen) atoms. The van der Waals surface area contributed by atoms with E-state index in [0.717, 1.165) is 6.04 Å². The number of aromatic nitrogens is 2. The summed E-state index contributed by atoms with van der Waals surface area (Å²) in [4.78, 5) is 2.52. The molecule has 0 saturated carbocycles. The highest BCUT2D eigenvalue weighted by molar-refractivity contribution is 14.1. The van der Waals surface area contributed by atoms with Crippen molar-refractivity contribution in [3.8, 4) is 0 Å². The van der Waals surface area contributed by atoms with Crippen molar-refractivity contribution < 1.29 is 0 Å². The van der Waals surface area contributed by atoms with Crippen LogP contribution in [-0.4, -0.2) is 33.8 Å². The van der Waals surface area contributed by atoms with E-state index >= 15 is 0 Å². The van der Waals surface area contributed by atoms with Crippen LogP contribution in [0, 0.1) is 3.57 Å². The van der Waals surface area contributed by atoms with E-state index < -0.39 is 0 Å². The van der Waals surface area contributed by atoms with Gasteiger partial charge in [-0.25, -0.2) is 0 Å². The molecule has 0 N–H and O–H groups in total. The van der Waals surface area contributed by atoms with Crippen molar-refractivity contribution in [2.45, 2.75) is 31.3 Å². The lowest BCUT2D eigenvalue weighted by atomic mass is 9.99. The smallest absolute Gasteiger partial charge is 0.0770 e. The Morgan fingerprint density at radius 2 is 2.19 bits per heavy atom. The maximum absolute atomic E-state index is 4.34. The first-order chi connectivity index (χ1) is 7.66. The molecule has 2 aliphatic rings. The van der Waals surface area contributed by atoms with Crippen molar-refractivity contribution in [1.82, 2.24) is 14.7 Å². The molecule has 0 spiro atoms. The Kier molecular flexibility index (Phi) is 2.58. The molecule has 3 heterocycles. The number of fused-ring (bicyclic) bond motifs is 2. The minimum absolute atomic E-state index is 0.652. The molecule has 3 nitrogen and oxygen atoms in total. The van der Waals surface area contributed by atoms with Gasteiger partial charge in [0.1, 0.15) is 0 Å². The van der Waals surface area contributed by atoms with Crippen molar-refractivity contribution in [2.24, 2.45) is 7.05 Å². The SMILES string of the molecule is CN1C2C=C(c3c(I)cnn3C)CC1CC2. The molecule has 0 amide bonds. The summed E-state index contributed by atoms with van der Waals surface area (Å²) < 4.78 is 3.29. The van der Waals surface area contributed by atoms with Gasteiger partial charge in [0.25, 0.3) is 0 Å². The van der Waals surface area contributed by atoms with Gasteiger partial charge in [0, 0.05) is 19.1 Å². The van der Waals surface area contributed by atoms with Gasteiger partial charge in [0.15, 0.2) is 0 Å². The predicted octanol–water partition coefficient (Wildman–Crippen LogP) is 2.27. The van der Waals surface area contributed by atoms with E-state index in [1.54, 1.807) is 0 Å². The molecule has 86 valence electrons. The second-order valence-electron chi connectivity index (χ2n) is 4.82. The van der Waals surface area contributed by atoms with Crippen molar-refractivity contribution in [3.05, 3.63) is 21.5 Å². The van der Waals surface area contributed by atoms with Crippen LogP contribution in [0.1, 0.15) is 25.0 Å². The van der Waals surface area contributed by atoms with Crippen LogP contribution in [-0.2, 0) is 7.05 Å². The third-order valence-electron chi connectivity index (χ3n) is 3.94. The van der Waals surface area contributed by atoms with E-state index in [1.165, 1.54) is 34.1 Å². The van der Waals surface area contributed by atoms with Crippen LogP contribution in [0.25, 0.3) is 5.57 Å². The Morgan fingerprint density at radius 1 is 1.38 bits per heavy atom. The van der Waals surface area contributed by atoms with Crippen LogP contribution < -0.4 is 0 Å². The summed E-state index contributed by atoms with van der Waals surface area (Å²) in [5.41, 5.74) is 2.82. The number of halogens is 1. The molecule has 2 atom stereocenters. The van der Waals surface area contributed by atoms with Crippen LogP contribution in [0.5, 0.6) is 0 Å². The van der Waals surface area contributed by atoms with Crippen LogP contribution in [0.15, 0.2) is 12.3 Å². The fraction of sp³-hybridized carbons (Fsp3) is 0.583. The zero-order chi connectivity index (χ0) is 11.3. The topological polar surface area (TPSA) is 21.1 Å². The van der Waals surface area contributed by atoms with Crippen molar-refractivity contribution >= 4 is 28.2 Å². The largest absolute Gasteiger partial charge is 0.297 e. The highest BCUT2D eigenvalue weighted by Gasteiger charge is 2.34. The summed E-state index contributed by atoms with van der Waals surface area (Å²) in [7, 11) is 4.29. The van der Waals surface area contributed by atoms with Crippen molar-refractivity contribution in [3.63, 3.8) is 0 Å². The van der Waals surface area contributed by atoms with Crippen LogP contribution >= 0.6 is 22.6 Å². The summed E-state index contributed by atoms with van der Waals surface area (Å²) in [5, 5.41) is 4.34. The lowest BCUT2D eigenvalue weighted by Crippen LogP contribution is -2.34. The minimum atomic E-state index is 0.652. The van der Waals surface area contributed by atoms with Crippen LogP contribution in [0.4, 0.5) is 0 Å². The number of aryl methyl sites for hydroxylation is 1. The first kappa shape index (κ1) is 10.8. The molecule has 0 radical (unpaired) electrons. The van der Waals surface area contributed by atoms with E-state index in [1.807, 2.05) is 17.9 Å². The Balaban J connectivity index is 2.01. The fourth-order valence-corrected chi connectivity index (χ4v) is 3.81. The molecule has 2 unspecified atom stereocenters. The molecule has 1 aromatic heterocycles. The highest BCUT2D eigenvalue weighted by Crippen LogP contribution is 2.38. The zero-order valence-corrected chi connectivity index (χ0v) is 11.8. The van der Waals surface area contributed by atoms with Crippen LogP contribution in [0.3, 0.4) is 0 Å². The quantitative estimate of drug-likeness (QED) is 0.737. The summed E-state index contributed by atoms with van der Waals surface area (Å²) in [6, 6.07) is 1.40. The van der Waals surface area contributed by atoms with Crippen molar-refractivity contribution in [1.29, 1.82) is 0 Å². The van der Waals surface area contributed by atoms with Gasteiger partial charge in [0.05, 0.1) is 15.5 Å². The Hall–Kier alpha value is -0.360. The first-order valence-corrected chi connectivity index (χ1v) is 6.85. The normalized spacial score (nSPS) is 29.6. The van der Waals surface area contributed by atoms with Crippen LogP contribution in [0.2, 0.25) is 0 Å². The first-order valence-electron chi connectivity index (χ1n) is 5.77. The van der Waals surface area contributed by atoms with Gasteiger partial charge in [-0.3, -0.25) is 9.58 Å². The predicted molar refractivity (Wildman–Crippen MR) is 73.1 cm³/mol. The highest BCUT2D eigenvalue weighted by atomic mass is 127. The van der Waals surface area contributed by atoms with Gasteiger partial charge in [-0.05, 0) is 54.5 Å². The molecular weight excluding hydrogens is 313 g/mol. The number of likely N-dealkylation sites (N-methyl/N-ethyl adjacent to an activating group) is 1. The molecule has 1 fully saturated rings. The lowest BCUT2D eigenvalue weighted by Gasteiger charge is -2.30. The molecular formula is C12H16IN3. The molecule has 3 rings (SSSR count). The number of nitrogens with zero attached hydrogens (tertiary/aromatic N) is 3. The zero-order valence-electron chi connectivity index (χ0n) is 9.65. The second-order valence-corrected chi connectivity index (χ2v) is 5.99. The molecule has 1 saturated heterocycles. The second kappa shape index (κ2) is 3.84. The summed E-state index contributed by atoms with van der Waals surface area (Å²) in [5.74, 6) is 0. The Morgan fingerprint density at radius 3 is 2.81 bits per heavy atom. The van der Waals surface area contributed by atoms with E-state index in [0.29, 0.717) is 6.04 Å². The molecule has 4 heteroatoms. The van der Waals surface area contributed by atoms with Gasteiger partial charge >= 0.3 is 0 Å². The van der Waals surface area contributed by atoms with Gasteiger partial charge < -0.3 is 0 Å². The standard InChI is InChI=1S/C12H16IN3/c1-15-9-3-4-10(15)6-8(5-9)12-11(13)7-14-16(12)2/h5,7,9-10H,3-4,6H2,1-2H3. The number of rotatable bonds is 1. The summed E-state index contributed by atoms with van der Waals surface area (Å²) >= 11 is 2.39. The summed E-state index contributed by atoms with van der Waals surface area (Å²) in [6.45, 7) is 0. The average Bonchev–Trinajstić information content (AvgIpc) is 2.67. The third kappa shape index (κ3) is 1.54. The lowest BCUT2D eigenvalue weighted by molar-refractivity contribution is 0.264. The van der Waals surface area contributed by atoms with Gasteiger partial charge in [-0.15, -0.1) is 0 Å². The Bertz CT molecular complexity index is 430. The Labute approximate surface area is 110 Å². The molecule has 0 aliphatic carbocycles. The number of hydrogen-bond acceptors (Lipinski definition) is 2. The molecule has 1 aromatic rings. The van der Waals surface area contributed by atoms with E-state index in [9.17, 15) is 0 Å². The van der Waals surface area contributed by atoms with E-state index in [4.69, 9.17) is 0 Å². The van der Waals surface area contributed by atoms with E-state index in [-0.39, 0.29) is 0 Å². The van der Waals surface area contributed by atoms with Crippen molar-refractivity contribution in [2.75, 3.05) is 7.05 Å². The summed E-state index contributed by atoms with van der Waals surface area (Å²) in [6.07, 6.45) is 8.25. The number of hydrogen-bond donors (Lipinski definition) is 0. The van der Waals surface area contributed by atoms with E-state index in [2.05, 4.69) is 45.7 Å². The van der Waals surface area contributed by atoms with Gasteiger partial charge in [-0.1, -0.05) is 6.08 Å². The monoisotopic (exact) mass is 329 g/mol. The fourth-order valence-electron chi connectivity index (χ4n) is 2.99.